The maximum Gasteiger partial charge on any atom is 0.233 e. The van der Waals surface area contributed by atoms with Crippen LogP contribution in [0.3, 0.4) is 0 Å². The van der Waals surface area contributed by atoms with Crippen LogP contribution in [0.2, 0.25) is 0 Å². The van der Waals surface area contributed by atoms with Crippen molar-refractivity contribution in [2.75, 3.05) is 27.7 Å². The van der Waals surface area contributed by atoms with Gasteiger partial charge in [-0.25, -0.2) is 0 Å². The van der Waals surface area contributed by atoms with Gasteiger partial charge >= 0.3 is 0 Å². The van der Waals surface area contributed by atoms with Crippen LogP contribution in [0.15, 0.2) is 24.3 Å². The summed E-state index contributed by atoms with van der Waals surface area (Å²) in [7, 11) is 4.91. The number of benzene rings is 1. The van der Waals surface area contributed by atoms with Crippen LogP contribution in [0.4, 0.5) is 0 Å². The summed E-state index contributed by atoms with van der Waals surface area (Å²) in [5, 5.41) is 2.54. The number of likely N-dealkylation sites (N-methyl/N-ethyl adjacent to an activating group) is 2. The van der Waals surface area contributed by atoms with E-state index in [0.29, 0.717) is 11.3 Å². The first-order valence-corrected chi connectivity index (χ1v) is 6.08. The predicted octanol–water partition coefficient (Wildman–Crippen LogP) is 0.944. The van der Waals surface area contributed by atoms with E-state index in [4.69, 9.17) is 4.74 Å². The summed E-state index contributed by atoms with van der Waals surface area (Å²) >= 11 is 0. The van der Waals surface area contributed by atoms with Gasteiger partial charge in [0.05, 0.1) is 19.7 Å². The fraction of sp³-hybridized carbons (Fsp3) is 0.429. The topological polar surface area (TPSA) is 58.6 Å². The fourth-order valence-corrected chi connectivity index (χ4v) is 1.64. The van der Waals surface area contributed by atoms with Crippen LogP contribution < -0.4 is 10.1 Å². The van der Waals surface area contributed by atoms with Crippen LogP contribution >= 0.6 is 0 Å². The minimum atomic E-state index is -0.356. The van der Waals surface area contributed by atoms with Crippen LogP contribution in [-0.2, 0) is 4.79 Å². The monoisotopic (exact) mass is 264 g/mol. The van der Waals surface area contributed by atoms with Crippen molar-refractivity contribution in [3.05, 3.63) is 29.8 Å². The number of hydrogen-bond acceptors (Lipinski definition) is 4. The van der Waals surface area contributed by atoms with Crippen molar-refractivity contribution in [3.8, 4) is 5.75 Å². The van der Waals surface area contributed by atoms with Crippen molar-refractivity contribution in [3.63, 3.8) is 0 Å². The highest BCUT2D eigenvalue weighted by Gasteiger charge is 2.20. The molecule has 5 heteroatoms. The normalized spacial score (nSPS) is 12.1. The molecular weight excluding hydrogens is 244 g/mol. The Labute approximate surface area is 113 Å². The maximum absolute atomic E-state index is 12.2. The molecule has 1 aromatic rings. The predicted molar refractivity (Wildman–Crippen MR) is 73.5 cm³/mol. The Hall–Kier alpha value is -1.88. The minimum Gasteiger partial charge on any atom is -0.497 e. The van der Waals surface area contributed by atoms with E-state index in [9.17, 15) is 9.59 Å². The molecule has 0 saturated carbocycles. The smallest absolute Gasteiger partial charge is 0.233 e. The largest absolute Gasteiger partial charge is 0.497 e. The Morgan fingerprint density at radius 2 is 1.89 bits per heavy atom. The van der Waals surface area contributed by atoms with Crippen molar-refractivity contribution < 1.29 is 14.3 Å². The van der Waals surface area contributed by atoms with E-state index >= 15 is 0 Å². The first-order chi connectivity index (χ1) is 8.99. The summed E-state index contributed by atoms with van der Waals surface area (Å²) in [4.78, 5) is 25.2. The average Bonchev–Trinajstić information content (AvgIpc) is 2.45. The van der Waals surface area contributed by atoms with Gasteiger partial charge in [0.1, 0.15) is 5.75 Å². The number of amides is 1. The lowest BCUT2D eigenvalue weighted by molar-refractivity contribution is -0.121. The third-order valence-electron chi connectivity index (χ3n) is 3.09. The molecule has 0 fully saturated rings. The quantitative estimate of drug-likeness (QED) is 0.777. The number of nitrogens with zero attached hydrogens (tertiary/aromatic N) is 1. The third-order valence-corrected chi connectivity index (χ3v) is 3.09. The lowest BCUT2D eigenvalue weighted by atomic mass is 10.0. The zero-order chi connectivity index (χ0) is 14.4. The molecule has 1 rings (SSSR count). The maximum atomic E-state index is 12.2. The molecule has 1 amide bonds. The second-order valence-corrected chi connectivity index (χ2v) is 4.36. The number of methoxy groups -OCH3 is 1. The molecule has 1 unspecified atom stereocenters. The van der Waals surface area contributed by atoms with Crippen molar-refractivity contribution in [1.29, 1.82) is 0 Å². The molecule has 0 saturated heterocycles. The molecule has 0 aliphatic rings. The second kappa shape index (κ2) is 6.89. The summed E-state index contributed by atoms with van der Waals surface area (Å²) < 4.78 is 5.05. The van der Waals surface area contributed by atoms with Crippen LogP contribution in [0, 0.1) is 0 Å². The summed E-state index contributed by atoms with van der Waals surface area (Å²) in [6.45, 7) is 1.98. The molecule has 1 aromatic carbocycles. The van der Waals surface area contributed by atoms with Crippen molar-refractivity contribution in [2.45, 2.75) is 13.0 Å². The van der Waals surface area contributed by atoms with Crippen molar-refractivity contribution >= 4 is 11.7 Å². The van der Waals surface area contributed by atoms with E-state index in [2.05, 4.69) is 5.32 Å². The molecular formula is C14H20N2O3. The summed E-state index contributed by atoms with van der Waals surface area (Å²) in [5.74, 6) is 0.578. The number of carbonyl (C=O) groups excluding carboxylic acids is 2. The number of ketones is 1. The highest BCUT2D eigenvalue weighted by Crippen LogP contribution is 2.14. The van der Waals surface area contributed by atoms with Crippen molar-refractivity contribution in [2.24, 2.45) is 0 Å². The van der Waals surface area contributed by atoms with E-state index in [0.717, 1.165) is 0 Å². The fourth-order valence-electron chi connectivity index (χ4n) is 1.64. The van der Waals surface area contributed by atoms with Gasteiger partial charge in [0, 0.05) is 12.6 Å². The number of ether oxygens (including phenoxy) is 1. The Bertz CT molecular complexity index is 443. The molecule has 1 atom stereocenters. The van der Waals surface area contributed by atoms with Gasteiger partial charge in [0.25, 0.3) is 0 Å². The van der Waals surface area contributed by atoms with Gasteiger partial charge in [-0.3, -0.25) is 14.5 Å². The van der Waals surface area contributed by atoms with Gasteiger partial charge in [0.15, 0.2) is 5.78 Å². The molecule has 0 bridgehead atoms. The van der Waals surface area contributed by atoms with Crippen molar-refractivity contribution in [1.82, 2.24) is 10.2 Å². The first-order valence-electron chi connectivity index (χ1n) is 6.08. The van der Waals surface area contributed by atoms with E-state index in [1.54, 1.807) is 57.3 Å². The molecule has 1 N–H and O–H groups in total. The molecule has 0 aromatic heterocycles. The lowest BCUT2D eigenvalue weighted by Crippen LogP contribution is -2.42. The van der Waals surface area contributed by atoms with Crippen LogP contribution in [0.5, 0.6) is 5.75 Å². The zero-order valence-corrected chi connectivity index (χ0v) is 11.8. The molecule has 0 spiro atoms. The van der Waals surface area contributed by atoms with E-state index in [1.165, 1.54) is 0 Å². The minimum absolute atomic E-state index is 0.0194. The number of rotatable bonds is 6. The zero-order valence-electron chi connectivity index (χ0n) is 11.8. The number of hydrogen-bond donors (Lipinski definition) is 1. The standard InChI is InChI=1S/C14H20N2O3/c1-10(16(3)9-13(17)15-2)14(18)11-5-7-12(19-4)8-6-11/h5-8,10H,9H2,1-4H3,(H,15,17). The molecule has 0 radical (unpaired) electrons. The first kappa shape index (κ1) is 15.2. The van der Waals surface area contributed by atoms with Gasteiger partial charge in [-0.15, -0.1) is 0 Å². The Balaban J connectivity index is 2.72. The Morgan fingerprint density at radius 1 is 1.32 bits per heavy atom. The highest BCUT2D eigenvalue weighted by molar-refractivity contribution is 6.00. The molecule has 0 aliphatic heterocycles. The SMILES string of the molecule is CNC(=O)CN(C)C(C)C(=O)c1ccc(OC)cc1. The van der Waals surface area contributed by atoms with E-state index in [-0.39, 0.29) is 24.3 Å². The van der Waals surface area contributed by atoms with Gasteiger partial charge in [-0.1, -0.05) is 0 Å². The van der Waals surface area contributed by atoms with E-state index in [1.807, 2.05) is 0 Å². The number of Topliss-reactive ketones (excluding diaryl/α,β-unsaturated/α-hetero) is 1. The van der Waals surface area contributed by atoms with Crippen LogP contribution in [0.1, 0.15) is 17.3 Å². The van der Waals surface area contributed by atoms with E-state index < -0.39 is 0 Å². The molecule has 104 valence electrons. The molecule has 19 heavy (non-hydrogen) atoms. The number of nitrogens with one attached hydrogen (secondary N) is 1. The van der Waals surface area contributed by atoms with Crippen LogP contribution in [-0.4, -0.2) is 50.4 Å². The molecule has 0 aliphatic carbocycles. The summed E-state index contributed by atoms with van der Waals surface area (Å²) in [5.41, 5.74) is 0.608. The molecule has 0 heterocycles. The van der Waals surface area contributed by atoms with Gasteiger partial charge in [-0.05, 0) is 38.2 Å². The summed E-state index contributed by atoms with van der Waals surface area (Å²) in [6.07, 6.45) is 0. The Morgan fingerprint density at radius 3 is 2.37 bits per heavy atom. The van der Waals surface area contributed by atoms with Gasteiger partial charge in [-0.2, -0.15) is 0 Å². The Kier molecular flexibility index (Phi) is 5.51. The number of carbonyl (C=O) groups is 2. The second-order valence-electron chi connectivity index (χ2n) is 4.36. The third kappa shape index (κ3) is 4.06. The average molecular weight is 264 g/mol. The van der Waals surface area contributed by atoms with Crippen LogP contribution in [0.25, 0.3) is 0 Å². The summed E-state index contributed by atoms with van der Waals surface area (Å²) in [6, 6.07) is 6.60. The molecule has 5 nitrogen and oxygen atoms in total. The lowest BCUT2D eigenvalue weighted by Gasteiger charge is -2.22. The van der Waals surface area contributed by atoms with Gasteiger partial charge in [0.2, 0.25) is 5.91 Å². The highest BCUT2D eigenvalue weighted by atomic mass is 16.5. The van der Waals surface area contributed by atoms with Gasteiger partial charge < -0.3 is 10.1 Å².